The SMILES string of the molecule is CC(=O)N(C(=O)[C@@H]1CCCNC1)c1cc(-c2ccnc(Nc3ccc(F)cc3)c2)ccn1. The average molecular weight is 433 g/mol. The molecule has 2 N–H and O–H groups in total. The smallest absolute Gasteiger partial charge is 0.239 e. The van der Waals surface area contributed by atoms with Crippen LogP contribution < -0.4 is 15.5 Å². The quantitative estimate of drug-likeness (QED) is 0.635. The van der Waals surface area contributed by atoms with Gasteiger partial charge in [0.05, 0.1) is 5.92 Å². The number of anilines is 3. The zero-order chi connectivity index (χ0) is 22.5. The summed E-state index contributed by atoms with van der Waals surface area (Å²) in [5.41, 5.74) is 2.34. The number of imide groups is 1. The number of carbonyl (C=O) groups is 2. The third-order valence-electron chi connectivity index (χ3n) is 5.37. The number of hydrogen-bond acceptors (Lipinski definition) is 6. The van der Waals surface area contributed by atoms with Gasteiger partial charge in [0.2, 0.25) is 11.8 Å². The fraction of sp³-hybridized carbons (Fsp3) is 0.250. The third kappa shape index (κ3) is 4.97. The highest BCUT2D eigenvalue weighted by Gasteiger charge is 2.30. The number of nitrogens with zero attached hydrogens (tertiary/aromatic N) is 3. The topological polar surface area (TPSA) is 87.2 Å². The molecule has 32 heavy (non-hydrogen) atoms. The van der Waals surface area contributed by atoms with Crippen molar-refractivity contribution in [3.05, 3.63) is 66.7 Å². The third-order valence-corrected chi connectivity index (χ3v) is 5.37. The standard InChI is InChI=1S/C24H24FN5O2/c1-16(31)30(24(32)19-3-2-10-26-15-19)23-14-18(9-12-28-23)17-8-11-27-22(13-17)29-21-6-4-20(25)5-7-21/h4-9,11-14,19,26H,2-3,10,15H2,1H3,(H,27,29)/t19-/m1/s1. The first-order valence-electron chi connectivity index (χ1n) is 10.5. The van der Waals surface area contributed by atoms with Gasteiger partial charge in [0.1, 0.15) is 17.5 Å². The van der Waals surface area contributed by atoms with E-state index in [1.165, 1.54) is 24.0 Å². The molecule has 4 rings (SSSR count). The van der Waals surface area contributed by atoms with E-state index in [0.29, 0.717) is 23.9 Å². The van der Waals surface area contributed by atoms with Gasteiger partial charge in [0, 0.05) is 31.5 Å². The number of aromatic nitrogens is 2. The first-order valence-corrected chi connectivity index (χ1v) is 10.5. The highest BCUT2D eigenvalue weighted by molar-refractivity contribution is 6.14. The minimum atomic E-state index is -0.362. The molecule has 2 aromatic heterocycles. The molecular formula is C24H24FN5O2. The van der Waals surface area contributed by atoms with Gasteiger partial charge in [-0.1, -0.05) is 0 Å². The van der Waals surface area contributed by atoms with Crippen LogP contribution in [0.4, 0.5) is 21.7 Å². The van der Waals surface area contributed by atoms with Crippen molar-refractivity contribution in [1.29, 1.82) is 0 Å². The molecule has 7 nitrogen and oxygen atoms in total. The molecule has 8 heteroatoms. The van der Waals surface area contributed by atoms with Crippen LogP contribution in [0.3, 0.4) is 0 Å². The van der Waals surface area contributed by atoms with Gasteiger partial charge >= 0.3 is 0 Å². The lowest BCUT2D eigenvalue weighted by molar-refractivity contribution is -0.128. The second-order valence-electron chi connectivity index (χ2n) is 7.70. The summed E-state index contributed by atoms with van der Waals surface area (Å²) in [4.78, 5) is 35.2. The van der Waals surface area contributed by atoms with Crippen LogP contribution in [0.15, 0.2) is 60.9 Å². The number of nitrogens with one attached hydrogen (secondary N) is 2. The number of benzene rings is 1. The summed E-state index contributed by atoms with van der Waals surface area (Å²) in [6.07, 6.45) is 4.89. The Bertz CT molecular complexity index is 1110. The van der Waals surface area contributed by atoms with Crippen LogP contribution in [-0.4, -0.2) is 34.9 Å². The Morgan fingerprint density at radius 2 is 1.78 bits per heavy atom. The number of amides is 2. The maximum Gasteiger partial charge on any atom is 0.239 e. The molecule has 3 heterocycles. The van der Waals surface area contributed by atoms with Crippen LogP contribution in [0.5, 0.6) is 0 Å². The number of carbonyl (C=O) groups excluding carboxylic acids is 2. The molecular weight excluding hydrogens is 409 g/mol. The molecule has 0 aliphatic carbocycles. The summed E-state index contributed by atoms with van der Waals surface area (Å²) in [6.45, 7) is 2.82. The van der Waals surface area contributed by atoms with Crippen LogP contribution in [0, 0.1) is 11.7 Å². The maximum atomic E-state index is 13.1. The Kier molecular flexibility index (Phi) is 6.51. The maximum absolute atomic E-state index is 13.1. The van der Waals surface area contributed by atoms with E-state index in [4.69, 9.17) is 0 Å². The minimum absolute atomic E-state index is 0.234. The molecule has 0 bridgehead atoms. The van der Waals surface area contributed by atoms with Crippen LogP contribution in [0.25, 0.3) is 11.1 Å². The van der Waals surface area contributed by atoms with Gasteiger partial charge in [-0.05, 0) is 79.0 Å². The van der Waals surface area contributed by atoms with E-state index in [-0.39, 0.29) is 23.5 Å². The van der Waals surface area contributed by atoms with Gasteiger partial charge in [-0.3, -0.25) is 9.59 Å². The molecule has 164 valence electrons. The highest BCUT2D eigenvalue weighted by atomic mass is 19.1. The summed E-state index contributed by atoms with van der Waals surface area (Å²) < 4.78 is 13.1. The molecule has 0 saturated carbocycles. The van der Waals surface area contributed by atoms with Crippen molar-refractivity contribution in [2.24, 2.45) is 5.92 Å². The molecule has 0 unspecified atom stereocenters. The van der Waals surface area contributed by atoms with Gasteiger partial charge in [-0.15, -0.1) is 0 Å². The lowest BCUT2D eigenvalue weighted by Gasteiger charge is -2.27. The second-order valence-corrected chi connectivity index (χ2v) is 7.70. The van der Waals surface area contributed by atoms with E-state index in [2.05, 4.69) is 20.6 Å². The van der Waals surface area contributed by atoms with Crippen LogP contribution >= 0.6 is 0 Å². The van der Waals surface area contributed by atoms with E-state index in [0.717, 1.165) is 30.5 Å². The van der Waals surface area contributed by atoms with E-state index >= 15 is 0 Å². The van der Waals surface area contributed by atoms with Gasteiger partial charge in [0.25, 0.3) is 0 Å². The minimum Gasteiger partial charge on any atom is -0.340 e. The van der Waals surface area contributed by atoms with E-state index in [1.807, 2.05) is 18.2 Å². The molecule has 3 aromatic rings. The molecule has 0 radical (unpaired) electrons. The molecule has 0 spiro atoms. The zero-order valence-electron chi connectivity index (χ0n) is 17.7. The first-order chi connectivity index (χ1) is 15.5. The van der Waals surface area contributed by atoms with Crippen LogP contribution in [0.2, 0.25) is 0 Å². The summed E-state index contributed by atoms with van der Waals surface area (Å²) in [5.74, 6) is -0.266. The van der Waals surface area contributed by atoms with Crippen LogP contribution in [-0.2, 0) is 9.59 Å². The second kappa shape index (κ2) is 9.65. The molecule has 1 atom stereocenters. The molecule has 2 amide bonds. The van der Waals surface area contributed by atoms with Crippen molar-refractivity contribution in [3.63, 3.8) is 0 Å². The molecule has 1 aliphatic heterocycles. The van der Waals surface area contributed by atoms with Gasteiger partial charge < -0.3 is 10.6 Å². The number of piperidine rings is 1. The first kappa shape index (κ1) is 21.6. The summed E-state index contributed by atoms with van der Waals surface area (Å²) in [6, 6.07) is 13.2. The Morgan fingerprint density at radius 1 is 1.06 bits per heavy atom. The predicted molar refractivity (Wildman–Crippen MR) is 121 cm³/mol. The van der Waals surface area contributed by atoms with Gasteiger partial charge in [-0.2, -0.15) is 0 Å². The summed E-state index contributed by atoms with van der Waals surface area (Å²) in [7, 11) is 0. The summed E-state index contributed by atoms with van der Waals surface area (Å²) in [5, 5.41) is 6.35. The predicted octanol–water partition coefficient (Wildman–Crippen LogP) is 3.91. The molecule has 1 fully saturated rings. The Labute approximate surface area is 185 Å². The highest BCUT2D eigenvalue weighted by Crippen LogP contribution is 2.27. The Morgan fingerprint density at radius 3 is 2.47 bits per heavy atom. The van der Waals surface area contributed by atoms with Gasteiger partial charge in [-0.25, -0.2) is 19.3 Å². The largest absolute Gasteiger partial charge is 0.340 e. The van der Waals surface area contributed by atoms with Crippen molar-refractivity contribution in [3.8, 4) is 11.1 Å². The van der Waals surface area contributed by atoms with E-state index in [9.17, 15) is 14.0 Å². The van der Waals surface area contributed by atoms with Crippen molar-refractivity contribution in [2.75, 3.05) is 23.3 Å². The van der Waals surface area contributed by atoms with E-state index in [1.54, 1.807) is 30.6 Å². The normalized spacial score (nSPS) is 15.8. The van der Waals surface area contributed by atoms with Crippen molar-refractivity contribution >= 4 is 29.1 Å². The number of pyridine rings is 2. The van der Waals surface area contributed by atoms with Crippen molar-refractivity contribution in [2.45, 2.75) is 19.8 Å². The van der Waals surface area contributed by atoms with Gasteiger partial charge in [0.15, 0.2) is 0 Å². The fourth-order valence-electron chi connectivity index (χ4n) is 3.75. The monoisotopic (exact) mass is 433 g/mol. The molecule has 1 aliphatic rings. The zero-order valence-corrected chi connectivity index (χ0v) is 17.7. The Hall–Kier alpha value is -3.65. The average Bonchev–Trinajstić information content (AvgIpc) is 2.81. The lowest BCUT2D eigenvalue weighted by atomic mass is 9.98. The van der Waals surface area contributed by atoms with Crippen molar-refractivity contribution < 1.29 is 14.0 Å². The number of rotatable bonds is 5. The Balaban J connectivity index is 1.59. The lowest BCUT2D eigenvalue weighted by Crippen LogP contribution is -2.45. The molecule has 1 saturated heterocycles. The van der Waals surface area contributed by atoms with Crippen molar-refractivity contribution in [1.82, 2.24) is 15.3 Å². The number of halogens is 1. The number of hydrogen-bond donors (Lipinski definition) is 2. The van der Waals surface area contributed by atoms with Crippen LogP contribution in [0.1, 0.15) is 19.8 Å². The van der Waals surface area contributed by atoms with E-state index < -0.39 is 0 Å². The fourth-order valence-corrected chi connectivity index (χ4v) is 3.75. The molecule has 1 aromatic carbocycles. The summed E-state index contributed by atoms with van der Waals surface area (Å²) >= 11 is 0.